The predicted octanol–water partition coefficient (Wildman–Crippen LogP) is 7.26. The average molecular weight is 562 g/mol. The first-order chi connectivity index (χ1) is 13.5. The quantitative estimate of drug-likeness (QED) is 0.225. The molecule has 156 valence electrons. The Hall–Kier alpha value is -0.561. The molecule has 0 amide bonds. The standard InChI is InChI=1S/C5H3BrFN.C5H3FN.3C4H9.Sn/c6-5-4(7)2-1-3-8-5;6-5-2-1-3-7-4-5;3*1-3-4-2;/h1-3H;1-3H;3*1,3-4H2,2H3;. The number of nitrogens with zero attached hydrogens (tertiary/aromatic N) is 2. The van der Waals surface area contributed by atoms with E-state index in [1.807, 2.05) is 0 Å². The molecular weight excluding hydrogens is 529 g/mol. The maximum absolute atomic E-state index is 14.4. The molecule has 0 aliphatic carbocycles. The van der Waals surface area contributed by atoms with Crippen LogP contribution in [-0.4, -0.2) is 28.3 Å². The van der Waals surface area contributed by atoms with Gasteiger partial charge >= 0.3 is 128 Å². The Labute approximate surface area is 181 Å². The fourth-order valence-corrected chi connectivity index (χ4v) is 19.3. The molecule has 0 saturated carbocycles. The molecule has 2 nitrogen and oxygen atoms in total. The number of pyridine rings is 2. The zero-order chi connectivity index (χ0) is 20.8. The molecule has 0 bridgehead atoms. The van der Waals surface area contributed by atoms with Crippen LogP contribution in [0, 0.1) is 11.6 Å². The fraction of sp³-hybridized carbons (Fsp3) is 0.545. The van der Waals surface area contributed by atoms with Gasteiger partial charge in [0.1, 0.15) is 4.60 Å². The normalized spacial score (nSPS) is 11.1. The van der Waals surface area contributed by atoms with Crippen molar-refractivity contribution >= 4 is 38.0 Å². The molecule has 0 aromatic carbocycles. The molecular formula is C22H33BrF2N2Sn. The largest absolute Gasteiger partial charge is 0.246 e. The second kappa shape index (κ2) is 14.4. The summed E-state index contributed by atoms with van der Waals surface area (Å²) in [5.74, 6) is -0.348. The van der Waals surface area contributed by atoms with Crippen LogP contribution in [0.25, 0.3) is 0 Å². The summed E-state index contributed by atoms with van der Waals surface area (Å²) < 4.78 is 31.6. The van der Waals surface area contributed by atoms with E-state index in [0.717, 1.165) is 3.71 Å². The first-order valence-corrected chi connectivity index (χ1v) is 18.6. The van der Waals surface area contributed by atoms with Crippen LogP contribution in [0.3, 0.4) is 0 Å². The van der Waals surface area contributed by atoms with Crippen molar-refractivity contribution in [3.05, 3.63) is 52.9 Å². The first-order valence-electron chi connectivity index (χ1n) is 10.4. The monoisotopic (exact) mass is 562 g/mol. The molecule has 0 N–H and O–H groups in total. The van der Waals surface area contributed by atoms with Crippen molar-refractivity contribution in [2.24, 2.45) is 0 Å². The Bertz CT molecular complexity index is 642. The number of rotatable bonds is 10. The first kappa shape index (κ1) is 25.5. The van der Waals surface area contributed by atoms with E-state index in [0.29, 0.717) is 0 Å². The van der Waals surface area contributed by atoms with Gasteiger partial charge in [0.15, 0.2) is 5.82 Å². The third-order valence-electron chi connectivity index (χ3n) is 5.00. The van der Waals surface area contributed by atoms with E-state index in [1.54, 1.807) is 24.4 Å². The Morgan fingerprint density at radius 3 is 1.61 bits per heavy atom. The zero-order valence-corrected chi connectivity index (χ0v) is 21.8. The Kier molecular flexibility index (Phi) is 13.1. The molecule has 2 aromatic heterocycles. The summed E-state index contributed by atoms with van der Waals surface area (Å²) in [6.07, 6.45) is 10.7. The van der Waals surface area contributed by atoms with E-state index < -0.39 is 18.4 Å². The van der Waals surface area contributed by atoms with Crippen molar-refractivity contribution in [2.75, 3.05) is 0 Å². The Morgan fingerprint density at radius 2 is 1.25 bits per heavy atom. The molecule has 28 heavy (non-hydrogen) atoms. The van der Waals surface area contributed by atoms with Crippen LogP contribution in [0.15, 0.2) is 41.3 Å². The number of halogens is 3. The average Bonchev–Trinajstić information content (AvgIpc) is 2.71. The van der Waals surface area contributed by atoms with Crippen molar-refractivity contribution < 1.29 is 8.78 Å². The van der Waals surface area contributed by atoms with Crippen LogP contribution in [0.4, 0.5) is 8.78 Å². The van der Waals surface area contributed by atoms with Gasteiger partial charge in [-0.3, -0.25) is 0 Å². The summed E-state index contributed by atoms with van der Waals surface area (Å²) in [5, 5.41) is 0. The van der Waals surface area contributed by atoms with Gasteiger partial charge in [-0.15, -0.1) is 0 Å². The van der Waals surface area contributed by atoms with E-state index in [-0.39, 0.29) is 16.2 Å². The minimum absolute atomic E-state index is 0.0217. The summed E-state index contributed by atoms with van der Waals surface area (Å²) in [5.41, 5.74) is 0. The van der Waals surface area contributed by atoms with Crippen molar-refractivity contribution in [3.63, 3.8) is 0 Å². The molecule has 0 aliphatic rings. The van der Waals surface area contributed by atoms with Crippen molar-refractivity contribution in [3.8, 4) is 0 Å². The molecule has 2 heterocycles. The molecule has 2 aromatic rings. The van der Waals surface area contributed by atoms with Gasteiger partial charge in [-0.1, -0.05) is 0 Å². The third kappa shape index (κ3) is 8.44. The van der Waals surface area contributed by atoms with Gasteiger partial charge in [0.2, 0.25) is 0 Å². The molecule has 6 heteroatoms. The Morgan fingerprint density at radius 1 is 0.786 bits per heavy atom. The minimum Gasteiger partial charge on any atom is -0.246 e. The second-order valence-electron chi connectivity index (χ2n) is 7.20. The van der Waals surface area contributed by atoms with Gasteiger partial charge in [0.25, 0.3) is 0 Å². The van der Waals surface area contributed by atoms with Gasteiger partial charge in [-0.2, -0.15) is 0 Å². The minimum atomic E-state index is -2.64. The van der Waals surface area contributed by atoms with Gasteiger partial charge in [-0.25, -0.2) is 9.37 Å². The summed E-state index contributed by atoms with van der Waals surface area (Å²) in [4.78, 5) is 8.15. The molecule has 2 rings (SSSR count). The molecule has 0 saturated heterocycles. The molecule has 0 unspecified atom stereocenters. The van der Waals surface area contributed by atoms with Crippen LogP contribution >= 0.6 is 15.9 Å². The van der Waals surface area contributed by atoms with E-state index in [1.165, 1.54) is 64.1 Å². The van der Waals surface area contributed by atoms with Crippen molar-refractivity contribution in [1.82, 2.24) is 9.97 Å². The van der Waals surface area contributed by atoms with E-state index in [9.17, 15) is 8.78 Å². The van der Waals surface area contributed by atoms with E-state index in [2.05, 4.69) is 46.7 Å². The van der Waals surface area contributed by atoms with E-state index in [4.69, 9.17) is 0 Å². The van der Waals surface area contributed by atoms with Gasteiger partial charge < -0.3 is 0 Å². The molecule has 0 radical (unpaired) electrons. The topological polar surface area (TPSA) is 25.8 Å². The van der Waals surface area contributed by atoms with Crippen LogP contribution in [0.1, 0.15) is 59.3 Å². The molecule has 0 atom stereocenters. The van der Waals surface area contributed by atoms with Gasteiger partial charge in [0, 0.05) is 6.20 Å². The van der Waals surface area contributed by atoms with Crippen LogP contribution < -0.4 is 3.71 Å². The van der Waals surface area contributed by atoms with Crippen LogP contribution in [0.2, 0.25) is 13.3 Å². The number of unbranched alkanes of at least 4 members (excludes halogenated alkanes) is 3. The second-order valence-corrected chi connectivity index (χ2v) is 20.9. The summed E-state index contributed by atoms with van der Waals surface area (Å²) in [6.45, 7) is 6.72. The van der Waals surface area contributed by atoms with Gasteiger partial charge in [0.05, 0.1) is 0 Å². The maximum Gasteiger partial charge on any atom is 0.155 e. The number of hydrogen-bond acceptors (Lipinski definition) is 2. The van der Waals surface area contributed by atoms with E-state index >= 15 is 0 Å². The molecule has 0 fully saturated rings. The SMILES string of the molecule is CCC[CH2][Sn]([CH2]CCC)([CH2]CCC)[c]1ncccc1F.Fc1cccnc1Br. The van der Waals surface area contributed by atoms with Crippen LogP contribution in [-0.2, 0) is 0 Å². The molecule has 0 spiro atoms. The predicted molar refractivity (Wildman–Crippen MR) is 121 cm³/mol. The summed E-state index contributed by atoms with van der Waals surface area (Å²) in [6, 6.07) is 6.24. The number of hydrogen-bond donors (Lipinski definition) is 0. The summed E-state index contributed by atoms with van der Waals surface area (Å²) >= 11 is 0.265. The summed E-state index contributed by atoms with van der Waals surface area (Å²) in [7, 11) is 0. The van der Waals surface area contributed by atoms with Crippen LogP contribution in [0.5, 0.6) is 0 Å². The fourth-order valence-electron chi connectivity index (χ4n) is 3.42. The molecule has 0 aliphatic heterocycles. The Balaban J connectivity index is 0.000000406. The third-order valence-corrected chi connectivity index (χ3v) is 20.7. The smallest absolute Gasteiger partial charge is 0.155 e. The maximum atomic E-state index is 14.4. The van der Waals surface area contributed by atoms with Crippen molar-refractivity contribution in [1.29, 1.82) is 0 Å². The van der Waals surface area contributed by atoms with Crippen molar-refractivity contribution in [2.45, 2.75) is 72.6 Å². The zero-order valence-electron chi connectivity index (χ0n) is 17.4. The van der Waals surface area contributed by atoms with Gasteiger partial charge in [-0.05, 0) is 28.1 Å². The number of aromatic nitrogens is 2.